The minimum absolute atomic E-state index is 0.0301. The standard InChI is InChI=1S/C19H23ClN4O2S/c1-23(27(25,26)18-4-2-16(20)3-5-18)17-10-14-6-9-24(13-15(14)11-17)19-12-21-7-8-22-19/h2-5,7-8,12,14-15,17H,6,9-11,13H2,1H3/t14-,15-,17+/m1/s1. The van der Waals surface area contributed by atoms with Gasteiger partial charge in [0.1, 0.15) is 5.82 Å². The van der Waals surface area contributed by atoms with Gasteiger partial charge in [-0.1, -0.05) is 11.6 Å². The summed E-state index contributed by atoms with van der Waals surface area (Å²) in [5, 5.41) is 0.535. The molecule has 2 heterocycles. The maximum atomic E-state index is 13.0. The van der Waals surface area contributed by atoms with E-state index in [1.807, 2.05) is 0 Å². The number of nitrogens with zero attached hydrogens (tertiary/aromatic N) is 4. The van der Waals surface area contributed by atoms with Gasteiger partial charge in [0.25, 0.3) is 0 Å². The molecule has 1 aliphatic heterocycles. The minimum atomic E-state index is -3.51. The molecule has 2 fully saturated rings. The molecule has 3 atom stereocenters. The number of rotatable bonds is 4. The summed E-state index contributed by atoms with van der Waals surface area (Å²) in [6.45, 7) is 1.86. The van der Waals surface area contributed by atoms with E-state index in [1.54, 1.807) is 54.2 Å². The first kappa shape index (κ1) is 18.7. The molecule has 2 aliphatic rings. The number of fused-ring (bicyclic) bond motifs is 1. The van der Waals surface area contributed by atoms with Crippen molar-refractivity contribution in [2.24, 2.45) is 11.8 Å². The molecule has 1 aromatic carbocycles. The number of benzene rings is 1. The van der Waals surface area contributed by atoms with Gasteiger partial charge in [0.2, 0.25) is 10.0 Å². The third-order valence-electron chi connectivity index (χ3n) is 5.92. The minimum Gasteiger partial charge on any atom is -0.355 e. The van der Waals surface area contributed by atoms with Crippen molar-refractivity contribution < 1.29 is 8.42 Å². The number of piperidine rings is 1. The van der Waals surface area contributed by atoms with Crippen LogP contribution in [0, 0.1) is 11.8 Å². The molecule has 0 radical (unpaired) electrons. The van der Waals surface area contributed by atoms with E-state index in [0.717, 1.165) is 38.2 Å². The fraction of sp³-hybridized carbons (Fsp3) is 0.474. The average Bonchev–Trinajstić information content (AvgIpc) is 3.11. The number of hydrogen-bond acceptors (Lipinski definition) is 5. The summed E-state index contributed by atoms with van der Waals surface area (Å²) in [5.74, 6) is 1.95. The second-order valence-corrected chi connectivity index (χ2v) is 9.85. The molecular weight excluding hydrogens is 384 g/mol. The lowest BCUT2D eigenvalue weighted by atomic mass is 9.89. The molecule has 0 spiro atoms. The molecule has 4 rings (SSSR count). The first-order valence-corrected chi connectivity index (χ1v) is 11.0. The van der Waals surface area contributed by atoms with Gasteiger partial charge in [-0.3, -0.25) is 4.98 Å². The maximum absolute atomic E-state index is 13.0. The second-order valence-electron chi connectivity index (χ2n) is 7.42. The van der Waals surface area contributed by atoms with Crippen molar-refractivity contribution in [1.82, 2.24) is 14.3 Å². The zero-order valence-corrected chi connectivity index (χ0v) is 16.8. The van der Waals surface area contributed by atoms with Crippen LogP contribution in [0.2, 0.25) is 5.02 Å². The Morgan fingerprint density at radius 2 is 1.89 bits per heavy atom. The SMILES string of the molecule is CN([C@H]1C[C@H]2CCN(c3cnccn3)C[C@H]2C1)S(=O)(=O)c1ccc(Cl)cc1. The molecule has 1 saturated carbocycles. The van der Waals surface area contributed by atoms with Crippen molar-refractivity contribution in [2.45, 2.75) is 30.2 Å². The van der Waals surface area contributed by atoms with E-state index < -0.39 is 10.0 Å². The topological polar surface area (TPSA) is 66.4 Å². The van der Waals surface area contributed by atoms with Crippen LogP contribution in [0.15, 0.2) is 47.8 Å². The molecule has 0 amide bonds. The van der Waals surface area contributed by atoms with Crippen molar-refractivity contribution in [1.29, 1.82) is 0 Å². The summed E-state index contributed by atoms with van der Waals surface area (Å²) in [4.78, 5) is 11.1. The van der Waals surface area contributed by atoms with Crippen LogP contribution in [0.3, 0.4) is 0 Å². The Hall–Kier alpha value is -1.70. The van der Waals surface area contributed by atoms with Gasteiger partial charge in [-0.2, -0.15) is 4.31 Å². The predicted octanol–water partition coefficient (Wildman–Crippen LogP) is 3.06. The monoisotopic (exact) mass is 406 g/mol. The molecule has 0 N–H and O–H groups in total. The summed E-state index contributed by atoms with van der Waals surface area (Å²) >= 11 is 5.89. The predicted molar refractivity (Wildman–Crippen MR) is 105 cm³/mol. The van der Waals surface area contributed by atoms with Crippen molar-refractivity contribution in [3.63, 3.8) is 0 Å². The summed E-state index contributed by atoms with van der Waals surface area (Å²) < 4.78 is 27.5. The molecule has 6 nitrogen and oxygen atoms in total. The largest absolute Gasteiger partial charge is 0.355 e. The molecule has 2 aromatic rings. The van der Waals surface area contributed by atoms with E-state index in [-0.39, 0.29) is 6.04 Å². The Bertz CT molecular complexity index is 892. The van der Waals surface area contributed by atoms with Crippen LogP contribution in [-0.4, -0.2) is 48.9 Å². The summed E-state index contributed by atoms with van der Waals surface area (Å²) in [7, 11) is -1.81. The van der Waals surface area contributed by atoms with Crippen LogP contribution in [-0.2, 0) is 10.0 Å². The van der Waals surface area contributed by atoms with E-state index in [4.69, 9.17) is 11.6 Å². The molecular formula is C19H23ClN4O2S. The smallest absolute Gasteiger partial charge is 0.243 e. The van der Waals surface area contributed by atoms with Crippen LogP contribution in [0.4, 0.5) is 5.82 Å². The Morgan fingerprint density at radius 1 is 1.15 bits per heavy atom. The Kier molecular flexibility index (Phi) is 5.09. The quantitative estimate of drug-likeness (QED) is 0.780. The third-order valence-corrected chi connectivity index (χ3v) is 8.10. The lowest BCUT2D eigenvalue weighted by Crippen LogP contribution is -2.39. The van der Waals surface area contributed by atoms with Crippen molar-refractivity contribution in [2.75, 3.05) is 25.0 Å². The maximum Gasteiger partial charge on any atom is 0.243 e. The fourth-order valence-electron chi connectivity index (χ4n) is 4.38. The Labute approximate surface area is 165 Å². The molecule has 1 aliphatic carbocycles. The van der Waals surface area contributed by atoms with Crippen molar-refractivity contribution in [3.05, 3.63) is 47.9 Å². The number of sulfonamides is 1. The van der Waals surface area contributed by atoms with Crippen LogP contribution >= 0.6 is 11.6 Å². The highest BCUT2D eigenvalue weighted by Crippen LogP contribution is 2.41. The summed E-state index contributed by atoms with van der Waals surface area (Å²) in [6, 6.07) is 6.42. The average molecular weight is 407 g/mol. The lowest BCUT2D eigenvalue weighted by Gasteiger charge is -2.35. The van der Waals surface area contributed by atoms with Gasteiger partial charge < -0.3 is 4.90 Å². The second kappa shape index (κ2) is 7.37. The van der Waals surface area contributed by atoms with Gasteiger partial charge >= 0.3 is 0 Å². The van der Waals surface area contributed by atoms with Gasteiger partial charge in [0.15, 0.2) is 0 Å². The van der Waals surface area contributed by atoms with Crippen LogP contribution in [0.5, 0.6) is 0 Å². The molecule has 1 aromatic heterocycles. The summed E-state index contributed by atoms with van der Waals surface area (Å²) in [6.07, 6.45) is 8.05. The highest BCUT2D eigenvalue weighted by atomic mass is 35.5. The Balaban J connectivity index is 1.47. The zero-order valence-electron chi connectivity index (χ0n) is 15.2. The first-order valence-electron chi connectivity index (χ1n) is 9.19. The molecule has 0 unspecified atom stereocenters. The van der Waals surface area contributed by atoms with Crippen LogP contribution < -0.4 is 4.90 Å². The lowest BCUT2D eigenvalue weighted by molar-refractivity contribution is 0.322. The molecule has 0 bridgehead atoms. The highest BCUT2D eigenvalue weighted by Gasteiger charge is 2.42. The summed E-state index contributed by atoms with van der Waals surface area (Å²) in [5.41, 5.74) is 0. The number of anilines is 1. The zero-order chi connectivity index (χ0) is 19.0. The van der Waals surface area contributed by atoms with Crippen molar-refractivity contribution in [3.8, 4) is 0 Å². The van der Waals surface area contributed by atoms with E-state index in [9.17, 15) is 8.42 Å². The van der Waals surface area contributed by atoms with Gasteiger partial charge in [0.05, 0.1) is 11.1 Å². The van der Waals surface area contributed by atoms with E-state index in [2.05, 4.69) is 14.9 Å². The van der Waals surface area contributed by atoms with E-state index >= 15 is 0 Å². The molecule has 27 heavy (non-hydrogen) atoms. The van der Waals surface area contributed by atoms with Gasteiger partial charge in [-0.05, 0) is 55.4 Å². The van der Waals surface area contributed by atoms with Crippen molar-refractivity contribution >= 4 is 27.4 Å². The van der Waals surface area contributed by atoms with Gasteiger partial charge in [-0.15, -0.1) is 0 Å². The van der Waals surface area contributed by atoms with E-state index in [1.165, 1.54) is 0 Å². The number of aromatic nitrogens is 2. The first-order chi connectivity index (χ1) is 12.9. The fourth-order valence-corrected chi connectivity index (χ4v) is 5.88. The third kappa shape index (κ3) is 3.68. The van der Waals surface area contributed by atoms with Crippen LogP contribution in [0.1, 0.15) is 19.3 Å². The van der Waals surface area contributed by atoms with Crippen LogP contribution in [0.25, 0.3) is 0 Å². The highest BCUT2D eigenvalue weighted by molar-refractivity contribution is 7.89. The molecule has 8 heteroatoms. The van der Waals surface area contributed by atoms with Gasteiger partial charge in [0, 0.05) is 43.6 Å². The van der Waals surface area contributed by atoms with Gasteiger partial charge in [-0.25, -0.2) is 13.4 Å². The molecule has 144 valence electrons. The Morgan fingerprint density at radius 3 is 2.59 bits per heavy atom. The normalized spacial score (nSPS) is 25.6. The number of hydrogen-bond donors (Lipinski definition) is 0. The molecule has 1 saturated heterocycles. The van der Waals surface area contributed by atoms with E-state index in [0.29, 0.717) is 21.8 Å². The number of halogens is 1.